The van der Waals surface area contributed by atoms with E-state index in [0.29, 0.717) is 0 Å². The normalized spacial score (nSPS) is 13.8. The van der Waals surface area contributed by atoms with Crippen LogP contribution in [0.1, 0.15) is 105 Å². The molecule has 344 valence electrons. The van der Waals surface area contributed by atoms with Crippen LogP contribution in [0.25, 0.3) is 43.4 Å². The summed E-state index contributed by atoms with van der Waals surface area (Å²) in [5.41, 5.74) is 16.6. The molecule has 0 N–H and O–H groups in total. The van der Waals surface area contributed by atoms with Gasteiger partial charge in [0.05, 0.1) is 0 Å². The third-order valence-electron chi connectivity index (χ3n) is 15.8. The molecule has 0 fully saturated rings. The summed E-state index contributed by atoms with van der Waals surface area (Å²) in [6, 6.07) is 67.1. The zero-order chi connectivity index (χ0) is 49.0. The van der Waals surface area contributed by atoms with Crippen molar-refractivity contribution in [2.45, 2.75) is 118 Å². The van der Waals surface area contributed by atoms with E-state index >= 15 is 0 Å². The minimum atomic E-state index is -2.23. The van der Waals surface area contributed by atoms with Gasteiger partial charge in [0, 0.05) is 0 Å². The van der Waals surface area contributed by atoms with Gasteiger partial charge >= 0.3 is 0 Å². The van der Waals surface area contributed by atoms with Gasteiger partial charge in [-0.25, -0.2) is 0 Å². The maximum Gasteiger partial charge on any atom is 0.242 e. The van der Waals surface area contributed by atoms with Crippen LogP contribution >= 0.6 is 0 Å². The number of fused-ring (bicyclic) bond motifs is 6. The highest BCUT2D eigenvalue weighted by atomic mass is 28.3. The molecule has 9 aromatic rings. The predicted octanol–water partition coefficient (Wildman–Crippen LogP) is 12.2. The Labute approximate surface area is 415 Å². The smallest absolute Gasteiger partial charge is 0.0687 e. The van der Waals surface area contributed by atoms with Crippen molar-refractivity contribution in [2.75, 3.05) is 0 Å². The SMILES string of the molecule is CC(C)(C)c1ccc(B(c2ccc(C(C)(C)C)cc2)c2ccc3c(c2)[Si](C)(C)c2cccc4c2c-3cc2c3ccccc3c(B(c3ccc(C(C)(C)C)cc3)c3ccc(C(C)(C)C)cc3)cc42)cc1. The third kappa shape index (κ3) is 8.33. The monoisotopic (exact) mass is 913 g/mol. The molecule has 0 atom stereocenters. The lowest BCUT2D eigenvalue weighted by molar-refractivity contribution is 0.590. The van der Waals surface area contributed by atoms with Gasteiger partial charge in [-0.05, 0) is 104 Å². The molecule has 0 bridgehead atoms. The van der Waals surface area contributed by atoms with Gasteiger partial charge in [-0.1, -0.05) is 293 Å². The van der Waals surface area contributed by atoms with Gasteiger partial charge in [0.25, 0.3) is 0 Å². The van der Waals surface area contributed by atoms with E-state index in [-0.39, 0.29) is 35.1 Å². The Balaban J connectivity index is 1.19. The van der Waals surface area contributed by atoms with E-state index in [2.05, 4.69) is 266 Å². The van der Waals surface area contributed by atoms with Crippen LogP contribution in [-0.2, 0) is 21.7 Å². The fraction of sp³-hybridized carbons (Fsp3) is 0.273. The molecule has 0 radical (unpaired) electrons. The first-order chi connectivity index (χ1) is 32.5. The van der Waals surface area contributed by atoms with Crippen LogP contribution in [0.4, 0.5) is 0 Å². The lowest BCUT2D eigenvalue weighted by atomic mass is 9.36. The molecular weight excluding hydrogens is 842 g/mol. The number of rotatable bonds is 6. The Morgan fingerprint density at radius 2 is 0.696 bits per heavy atom. The van der Waals surface area contributed by atoms with Gasteiger partial charge in [-0.15, -0.1) is 0 Å². The maximum atomic E-state index is 2.62. The van der Waals surface area contributed by atoms with Crippen LogP contribution in [0.3, 0.4) is 0 Å². The summed E-state index contributed by atoms with van der Waals surface area (Å²) >= 11 is 0. The second kappa shape index (κ2) is 16.6. The molecule has 0 amide bonds. The summed E-state index contributed by atoms with van der Waals surface area (Å²) in [6.45, 7) is 33.0. The van der Waals surface area contributed by atoms with Crippen molar-refractivity contribution in [3.05, 3.63) is 192 Å². The Morgan fingerprint density at radius 1 is 0.304 bits per heavy atom. The first-order valence-electron chi connectivity index (χ1n) is 25.5. The summed E-state index contributed by atoms with van der Waals surface area (Å²) in [5, 5.41) is 11.2. The Bertz CT molecular complexity index is 3290. The van der Waals surface area contributed by atoms with Crippen LogP contribution < -0.4 is 43.2 Å². The molecule has 69 heavy (non-hydrogen) atoms. The van der Waals surface area contributed by atoms with Crippen LogP contribution in [0, 0.1) is 0 Å². The lowest BCUT2D eigenvalue weighted by Crippen LogP contribution is -2.59. The molecule has 0 unspecified atom stereocenters. The molecule has 1 heterocycles. The number of hydrogen-bond acceptors (Lipinski definition) is 0. The van der Waals surface area contributed by atoms with E-state index in [4.69, 9.17) is 0 Å². The zero-order valence-corrected chi connectivity index (χ0v) is 44.8. The summed E-state index contributed by atoms with van der Waals surface area (Å²) in [7, 11) is -2.23. The van der Waals surface area contributed by atoms with E-state index in [1.807, 2.05) is 0 Å². The number of benzene rings is 9. The van der Waals surface area contributed by atoms with Crippen LogP contribution in [0.5, 0.6) is 0 Å². The largest absolute Gasteiger partial charge is 0.242 e. The van der Waals surface area contributed by atoms with Crippen molar-refractivity contribution in [3.63, 3.8) is 0 Å². The number of hydrogen-bond donors (Lipinski definition) is 0. The fourth-order valence-corrected chi connectivity index (χ4v) is 14.6. The minimum Gasteiger partial charge on any atom is -0.0687 e. The van der Waals surface area contributed by atoms with E-state index in [1.165, 1.54) is 109 Å². The minimum absolute atomic E-state index is 0.0559. The first-order valence-corrected chi connectivity index (χ1v) is 28.5. The van der Waals surface area contributed by atoms with E-state index in [1.54, 1.807) is 0 Å². The van der Waals surface area contributed by atoms with E-state index in [9.17, 15) is 0 Å². The molecule has 0 spiro atoms. The molecule has 0 nitrogen and oxygen atoms in total. The molecule has 0 aromatic heterocycles. The second-order valence-corrected chi connectivity index (χ2v) is 29.4. The van der Waals surface area contributed by atoms with Crippen molar-refractivity contribution in [1.29, 1.82) is 0 Å². The second-order valence-electron chi connectivity index (χ2n) is 25.0. The van der Waals surface area contributed by atoms with Gasteiger partial charge in [-0.2, -0.15) is 0 Å². The van der Waals surface area contributed by atoms with Crippen molar-refractivity contribution in [1.82, 2.24) is 0 Å². The zero-order valence-electron chi connectivity index (χ0n) is 43.8. The molecule has 0 aliphatic carbocycles. The molecule has 9 aromatic carbocycles. The third-order valence-corrected chi connectivity index (χ3v) is 19.3. The van der Waals surface area contributed by atoms with Crippen molar-refractivity contribution >= 4 is 97.0 Å². The fourth-order valence-electron chi connectivity index (χ4n) is 11.5. The maximum absolute atomic E-state index is 2.62. The summed E-state index contributed by atoms with van der Waals surface area (Å²) in [5.74, 6) is 0. The Hall–Kier alpha value is -5.89. The summed E-state index contributed by atoms with van der Waals surface area (Å²) < 4.78 is 0. The van der Waals surface area contributed by atoms with Crippen LogP contribution in [-0.4, -0.2) is 21.5 Å². The van der Waals surface area contributed by atoms with Crippen molar-refractivity contribution in [2.24, 2.45) is 0 Å². The van der Waals surface area contributed by atoms with Gasteiger partial charge in [-0.3, -0.25) is 0 Å². The molecule has 10 rings (SSSR count). The van der Waals surface area contributed by atoms with Gasteiger partial charge in [0.2, 0.25) is 13.4 Å². The molecule has 1 aliphatic heterocycles. The highest BCUT2D eigenvalue weighted by molar-refractivity contribution is 7.04. The first kappa shape index (κ1) is 46.8. The van der Waals surface area contributed by atoms with Crippen molar-refractivity contribution in [3.8, 4) is 11.1 Å². The van der Waals surface area contributed by atoms with Gasteiger partial charge in [0.1, 0.15) is 8.07 Å². The average Bonchev–Trinajstić information content (AvgIpc) is 3.30. The van der Waals surface area contributed by atoms with Crippen LogP contribution in [0.15, 0.2) is 170 Å². The van der Waals surface area contributed by atoms with E-state index in [0.717, 1.165) is 0 Å². The summed E-state index contributed by atoms with van der Waals surface area (Å²) in [4.78, 5) is 0. The highest BCUT2D eigenvalue weighted by Crippen LogP contribution is 2.40. The standard InChI is InChI=1S/C66H70B2Si/c1-63(2,3)43-22-30-47(31-23-43)67(48-32-24-44(25-33-48)64(4,5)6)51-38-39-54-58-41-56-52-18-15-16-19-53(52)59(42-57(56)55-20-17-21-60(62(55)58)69(13,14)61(54)40-51)68(49-34-26-45(27-35-49)65(7,8)9)50-36-28-46(29-37-50)66(10,11)12/h15-42H,1-14H3. The lowest BCUT2D eigenvalue weighted by Gasteiger charge is -2.35. The van der Waals surface area contributed by atoms with Gasteiger partial charge in [0.15, 0.2) is 0 Å². The molecular formula is C66H70B2Si. The quantitative estimate of drug-likeness (QED) is 0.115. The molecule has 1 aliphatic rings. The van der Waals surface area contributed by atoms with Crippen LogP contribution in [0.2, 0.25) is 13.1 Å². The van der Waals surface area contributed by atoms with E-state index < -0.39 is 8.07 Å². The highest BCUT2D eigenvalue weighted by Gasteiger charge is 2.38. The Morgan fingerprint density at radius 3 is 1.14 bits per heavy atom. The summed E-state index contributed by atoms with van der Waals surface area (Å²) in [6.07, 6.45) is 0. The molecule has 0 saturated heterocycles. The van der Waals surface area contributed by atoms with Crippen molar-refractivity contribution < 1.29 is 0 Å². The Kier molecular flexibility index (Phi) is 11.3. The van der Waals surface area contributed by atoms with Gasteiger partial charge < -0.3 is 0 Å². The average molecular weight is 913 g/mol. The predicted molar refractivity (Wildman–Crippen MR) is 311 cm³/mol. The molecule has 3 heteroatoms. The molecule has 0 saturated carbocycles. The topological polar surface area (TPSA) is 0 Å².